The van der Waals surface area contributed by atoms with Crippen molar-refractivity contribution in [3.05, 3.63) is 167 Å². The van der Waals surface area contributed by atoms with Crippen LogP contribution in [0.4, 0.5) is 0 Å². The lowest BCUT2D eigenvalue weighted by Crippen LogP contribution is -2.70. The van der Waals surface area contributed by atoms with E-state index in [1.165, 1.54) is 67.8 Å². The van der Waals surface area contributed by atoms with Crippen LogP contribution in [-0.2, 0) is 104 Å². The number of ether oxygens (including phenoxy) is 15. The van der Waals surface area contributed by atoms with Crippen LogP contribution >= 0.6 is 0 Å². The summed E-state index contributed by atoms with van der Waals surface area (Å²) in [4.78, 5) is 138. The van der Waals surface area contributed by atoms with Gasteiger partial charge in [0.15, 0.2) is 43.1 Å². The highest BCUT2D eigenvalue weighted by Gasteiger charge is 2.62. The highest BCUT2D eigenvalue weighted by Crippen LogP contribution is 2.41. The Morgan fingerprint density at radius 1 is 0.372 bits per heavy atom. The predicted molar refractivity (Wildman–Crippen MR) is 317 cm³/mol. The fraction of sp³-hybridized carbons (Fsp3) is 0.403. The quantitative estimate of drug-likeness (QED) is 0.0445. The van der Waals surface area contributed by atoms with Crippen LogP contribution in [0.3, 0.4) is 0 Å². The standard InChI is InChI=1S/C67H68N2O25/c1-35(70)81-32-50-55(86-37(3)72)57(88-39(5)74)52(68-61(76)45-22-14-15-23-46(45)62(68)77)65(91-50)85-34-49-54(83-30-41-18-10-8-11-19-41)59(84-31-42-20-12-9-13-21-42)60(67(93-49)90-44-28-26-43(80-7)27-29-44)94-66-53(69-63(78)47-24-16-17-25-48(47)64(69)79)58(89-40(6)75)56(87-38(4)73)51(92-66)33-82-36(2)71/h8-29,49-60,65-67H,30-34H2,1-7H3. The molecule has 5 aliphatic rings. The smallest absolute Gasteiger partial charge is 0.303 e. The zero-order chi connectivity index (χ0) is 66.9. The lowest BCUT2D eigenvalue weighted by molar-refractivity contribution is -0.361. The maximum atomic E-state index is 14.9. The van der Waals surface area contributed by atoms with E-state index in [1.807, 2.05) is 0 Å². The van der Waals surface area contributed by atoms with Crippen molar-refractivity contribution in [2.45, 2.75) is 147 Å². The van der Waals surface area contributed by atoms with Gasteiger partial charge in [-0.2, -0.15) is 0 Å². The monoisotopic (exact) mass is 1300 g/mol. The Balaban J connectivity index is 1.13. The van der Waals surface area contributed by atoms with Crippen LogP contribution in [-0.4, -0.2) is 188 Å². The number of rotatable bonds is 24. The fourth-order valence-corrected chi connectivity index (χ4v) is 11.8. The van der Waals surface area contributed by atoms with Gasteiger partial charge in [-0.15, -0.1) is 0 Å². The Hall–Kier alpha value is -9.48. The Morgan fingerprint density at radius 2 is 0.734 bits per heavy atom. The Morgan fingerprint density at radius 3 is 1.15 bits per heavy atom. The van der Waals surface area contributed by atoms with Crippen molar-refractivity contribution in [3.63, 3.8) is 0 Å². The first-order valence-corrected chi connectivity index (χ1v) is 29.9. The summed E-state index contributed by atoms with van der Waals surface area (Å²) in [6.45, 7) is 4.05. The Bertz CT molecular complexity index is 3540. The number of nitrogens with zero attached hydrogens (tertiary/aromatic N) is 2. The molecular weight excluding hydrogens is 1230 g/mol. The molecule has 94 heavy (non-hydrogen) atoms. The molecule has 15 unspecified atom stereocenters. The van der Waals surface area contributed by atoms with Gasteiger partial charge in [0, 0.05) is 41.5 Å². The average Bonchev–Trinajstić information content (AvgIpc) is 1.43. The van der Waals surface area contributed by atoms with Crippen molar-refractivity contribution in [2.24, 2.45) is 0 Å². The average molecular weight is 1300 g/mol. The van der Waals surface area contributed by atoms with Gasteiger partial charge in [-0.05, 0) is 59.7 Å². The third kappa shape index (κ3) is 15.3. The summed E-state index contributed by atoms with van der Waals surface area (Å²) in [7, 11) is 1.45. The van der Waals surface area contributed by atoms with E-state index in [0.29, 0.717) is 16.9 Å². The minimum absolute atomic E-state index is 0.0298. The first kappa shape index (κ1) is 67.4. The second-order valence-electron chi connectivity index (χ2n) is 22.3. The van der Waals surface area contributed by atoms with Gasteiger partial charge in [0.05, 0.1) is 49.2 Å². The summed E-state index contributed by atoms with van der Waals surface area (Å²) >= 11 is 0. The van der Waals surface area contributed by atoms with E-state index in [4.69, 9.17) is 71.1 Å². The van der Waals surface area contributed by atoms with Crippen molar-refractivity contribution >= 4 is 59.4 Å². The minimum Gasteiger partial charge on any atom is -0.497 e. The Kier molecular flexibility index (Phi) is 21.6. The van der Waals surface area contributed by atoms with E-state index in [-0.39, 0.29) is 41.2 Å². The third-order valence-corrected chi connectivity index (χ3v) is 15.8. The van der Waals surface area contributed by atoms with Crippen molar-refractivity contribution in [1.82, 2.24) is 9.80 Å². The molecule has 0 radical (unpaired) electrons. The van der Waals surface area contributed by atoms with E-state index in [2.05, 4.69) is 0 Å². The minimum atomic E-state index is -1.99. The van der Waals surface area contributed by atoms with Gasteiger partial charge in [0.25, 0.3) is 23.6 Å². The largest absolute Gasteiger partial charge is 0.497 e. The van der Waals surface area contributed by atoms with E-state index in [0.717, 1.165) is 51.3 Å². The molecule has 4 amide bonds. The molecule has 0 aromatic heterocycles. The van der Waals surface area contributed by atoms with Gasteiger partial charge in [0.1, 0.15) is 67.3 Å². The molecular formula is C67H68N2O25. The van der Waals surface area contributed by atoms with E-state index in [1.54, 1.807) is 72.8 Å². The van der Waals surface area contributed by atoms with Crippen LogP contribution in [0.15, 0.2) is 133 Å². The first-order chi connectivity index (χ1) is 45.2. The van der Waals surface area contributed by atoms with Crippen molar-refractivity contribution in [2.75, 3.05) is 26.9 Å². The van der Waals surface area contributed by atoms with Gasteiger partial charge >= 0.3 is 35.8 Å². The summed E-state index contributed by atoms with van der Waals surface area (Å²) in [5.74, 6) is -8.32. The van der Waals surface area contributed by atoms with Gasteiger partial charge in [-0.1, -0.05) is 84.9 Å². The fourth-order valence-electron chi connectivity index (χ4n) is 11.8. The molecule has 5 heterocycles. The number of hydrogen-bond acceptors (Lipinski definition) is 25. The number of benzene rings is 5. The zero-order valence-electron chi connectivity index (χ0n) is 52.0. The van der Waals surface area contributed by atoms with Crippen molar-refractivity contribution in [3.8, 4) is 11.5 Å². The van der Waals surface area contributed by atoms with E-state index >= 15 is 0 Å². The summed E-state index contributed by atoms with van der Waals surface area (Å²) in [5, 5.41) is 0. The highest BCUT2D eigenvalue weighted by molar-refractivity contribution is 6.22. The number of carbonyl (C=O) groups excluding carboxylic acids is 10. The maximum Gasteiger partial charge on any atom is 0.303 e. The second-order valence-corrected chi connectivity index (χ2v) is 22.3. The lowest BCUT2D eigenvalue weighted by Gasteiger charge is -2.51. The number of carbonyl (C=O) groups is 10. The number of esters is 6. The van der Waals surface area contributed by atoms with Crippen LogP contribution in [0.2, 0.25) is 0 Å². The number of imide groups is 2. The molecule has 5 aromatic rings. The molecule has 0 N–H and O–H groups in total. The molecule has 5 aliphatic heterocycles. The lowest BCUT2D eigenvalue weighted by atomic mass is 9.93. The first-order valence-electron chi connectivity index (χ1n) is 29.9. The molecule has 10 rings (SSSR count). The second kappa shape index (κ2) is 30.1. The molecule has 0 spiro atoms. The molecule has 3 saturated heterocycles. The summed E-state index contributed by atoms with van der Waals surface area (Å²) in [6, 6.07) is 32.2. The van der Waals surface area contributed by atoms with Crippen molar-refractivity contribution in [1.29, 1.82) is 0 Å². The number of methoxy groups -OCH3 is 1. The molecule has 5 aromatic carbocycles. The van der Waals surface area contributed by atoms with E-state index < -0.39 is 171 Å². The number of hydrogen-bond donors (Lipinski definition) is 0. The molecule has 15 atom stereocenters. The molecule has 3 fully saturated rings. The predicted octanol–water partition coefficient (Wildman–Crippen LogP) is 5.00. The third-order valence-electron chi connectivity index (χ3n) is 15.8. The van der Waals surface area contributed by atoms with Crippen LogP contribution < -0.4 is 9.47 Å². The summed E-state index contributed by atoms with van der Waals surface area (Å²) in [5.41, 5.74) is 1.09. The van der Waals surface area contributed by atoms with Crippen LogP contribution in [0, 0.1) is 0 Å². The van der Waals surface area contributed by atoms with Crippen LogP contribution in [0.5, 0.6) is 11.5 Å². The van der Waals surface area contributed by atoms with Crippen LogP contribution in [0.1, 0.15) is 94.1 Å². The molecule has 0 aliphatic carbocycles. The molecule has 496 valence electrons. The zero-order valence-corrected chi connectivity index (χ0v) is 52.0. The van der Waals surface area contributed by atoms with Gasteiger partial charge in [-0.3, -0.25) is 57.7 Å². The topological polar surface area (TPSA) is 316 Å². The van der Waals surface area contributed by atoms with Crippen LogP contribution in [0.25, 0.3) is 0 Å². The highest BCUT2D eigenvalue weighted by atomic mass is 16.8. The summed E-state index contributed by atoms with van der Waals surface area (Å²) in [6.07, 6.45) is -21.8. The van der Waals surface area contributed by atoms with Gasteiger partial charge in [-0.25, -0.2) is 0 Å². The number of amides is 4. The number of fused-ring (bicyclic) bond motifs is 2. The molecule has 27 heteroatoms. The van der Waals surface area contributed by atoms with Crippen molar-refractivity contribution < 1.29 is 119 Å². The molecule has 0 saturated carbocycles. The van der Waals surface area contributed by atoms with Gasteiger partial charge < -0.3 is 71.1 Å². The normalized spacial score (nSPS) is 27.1. The van der Waals surface area contributed by atoms with Gasteiger partial charge in [0.2, 0.25) is 6.29 Å². The molecule has 27 nitrogen and oxygen atoms in total. The Labute approximate surface area is 538 Å². The van der Waals surface area contributed by atoms with E-state index in [9.17, 15) is 47.9 Å². The summed E-state index contributed by atoms with van der Waals surface area (Å²) < 4.78 is 94.9. The maximum absolute atomic E-state index is 14.9. The SMILES string of the molecule is COc1ccc(OC2OC(COC3OC(COC(C)=O)C(OC(C)=O)C(OC(C)=O)C3N3C(=O)c4ccccc4C3=O)C(OCc3ccccc3)C(OCc3ccccc3)C2OC2OC(COC(C)=O)C(OC(C)=O)C(OC(C)=O)C2N2C(=O)c3ccccc3C2=O)cc1. The molecule has 0 bridgehead atoms.